The van der Waals surface area contributed by atoms with E-state index < -0.39 is 12.4 Å². The van der Waals surface area contributed by atoms with E-state index in [2.05, 4.69) is 20.3 Å². The van der Waals surface area contributed by atoms with Crippen molar-refractivity contribution in [2.24, 2.45) is 7.05 Å². The SMILES string of the molecule is Cc1c(-c2ccc(CN3CCC(N(C)C(=O)N4CCC(c5ccc(NC6CCC(=O)NC6=O)cc5Cl)CC4)CC3)c(OC(F)(F)F)c2)cn(C)c(=O)c1C. The van der Waals surface area contributed by atoms with E-state index in [1.807, 2.05) is 24.1 Å². The lowest BCUT2D eigenvalue weighted by molar-refractivity contribution is -0.275. The van der Waals surface area contributed by atoms with Crippen LogP contribution in [0.3, 0.4) is 0 Å². The largest absolute Gasteiger partial charge is 0.573 e. The number of rotatable bonds is 8. The van der Waals surface area contributed by atoms with Crippen LogP contribution in [0, 0.1) is 13.8 Å². The van der Waals surface area contributed by atoms with Crippen LogP contribution in [0.25, 0.3) is 11.1 Å². The van der Waals surface area contributed by atoms with Crippen molar-refractivity contribution in [1.82, 2.24) is 24.6 Å². The third kappa shape index (κ3) is 8.86. The lowest BCUT2D eigenvalue weighted by Crippen LogP contribution is -2.51. The molecule has 0 spiro atoms. The number of anilines is 1. The number of imide groups is 1. The van der Waals surface area contributed by atoms with Crippen molar-refractivity contribution in [2.45, 2.75) is 83.3 Å². The second-order valence-electron chi connectivity index (χ2n) is 14.6. The fraction of sp³-hybridized carbons (Fsp3) is 0.487. The Labute approximate surface area is 317 Å². The first-order chi connectivity index (χ1) is 25.6. The molecule has 11 nitrogen and oxygen atoms in total. The molecule has 3 fully saturated rings. The number of aryl methyl sites for hydroxylation is 1. The maximum Gasteiger partial charge on any atom is 0.573 e. The number of amides is 4. The molecule has 0 bridgehead atoms. The van der Waals surface area contributed by atoms with E-state index in [-0.39, 0.29) is 54.1 Å². The molecule has 54 heavy (non-hydrogen) atoms. The predicted molar refractivity (Wildman–Crippen MR) is 200 cm³/mol. The summed E-state index contributed by atoms with van der Waals surface area (Å²) in [6, 6.07) is 9.91. The number of ether oxygens (including phenoxy) is 1. The Kier molecular flexibility index (Phi) is 11.6. The smallest absolute Gasteiger partial charge is 0.405 e. The summed E-state index contributed by atoms with van der Waals surface area (Å²) < 4.78 is 46.6. The summed E-state index contributed by atoms with van der Waals surface area (Å²) in [5.41, 5.74) is 4.36. The van der Waals surface area contributed by atoms with Crippen LogP contribution < -0.4 is 20.9 Å². The van der Waals surface area contributed by atoms with Gasteiger partial charge in [-0.05, 0) is 86.8 Å². The summed E-state index contributed by atoms with van der Waals surface area (Å²) in [5, 5.41) is 6.09. The van der Waals surface area contributed by atoms with E-state index >= 15 is 0 Å². The summed E-state index contributed by atoms with van der Waals surface area (Å²) in [7, 11) is 3.43. The van der Waals surface area contributed by atoms with E-state index in [4.69, 9.17) is 11.6 Å². The van der Waals surface area contributed by atoms with Crippen molar-refractivity contribution < 1.29 is 32.3 Å². The normalized spacial score (nSPS) is 19.1. The van der Waals surface area contributed by atoms with Crippen LogP contribution in [0.5, 0.6) is 5.75 Å². The van der Waals surface area contributed by atoms with Crippen molar-refractivity contribution in [2.75, 3.05) is 38.5 Å². The van der Waals surface area contributed by atoms with Gasteiger partial charge in [0.15, 0.2) is 0 Å². The molecule has 0 radical (unpaired) electrons. The molecule has 1 aromatic heterocycles. The summed E-state index contributed by atoms with van der Waals surface area (Å²) in [5.74, 6) is -0.716. The molecule has 0 aliphatic carbocycles. The second kappa shape index (κ2) is 16.0. The minimum absolute atomic E-state index is 0.00505. The first kappa shape index (κ1) is 39.1. The number of benzene rings is 2. The third-order valence-electron chi connectivity index (χ3n) is 11.1. The molecule has 15 heteroatoms. The zero-order valence-corrected chi connectivity index (χ0v) is 31.6. The number of carbonyl (C=O) groups excluding carboxylic acids is 3. The van der Waals surface area contributed by atoms with Crippen molar-refractivity contribution in [3.05, 3.63) is 80.2 Å². The number of nitrogens with one attached hydrogen (secondary N) is 2. The average Bonchev–Trinajstić information content (AvgIpc) is 3.13. The van der Waals surface area contributed by atoms with Gasteiger partial charge in [0.1, 0.15) is 11.8 Å². The van der Waals surface area contributed by atoms with E-state index in [1.54, 1.807) is 50.2 Å². The Hall–Kier alpha value is -4.56. The Morgan fingerprint density at radius 1 is 0.981 bits per heavy atom. The Morgan fingerprint density at radius 2 is 1.69 bits per heavy atom. The number of alkyl halides is 3. The minimum atomic E-state index is -4.87. The van der Waals surface area contributed by atoms with Gasteiger partial charge in [0.2, 0.25) is 11.8 Å². The standard InChI is InChI=1S/C39H46ClF3N6O5/c1-23-24(2)37(52)46(3)22-31(23)26-5-6-27(34(19-26)54-39(41,42)43)21-48-15-13-29(14-16-48)47(4)38(53)49-17-11-25(12-18-49)30-8-7-28(20-32(30)40)44-33-9-10-35(50)45-36(33)51/h5-8,19-20,22,25,29,33,44H,9-18,21H2,1-4H3,(H,45,50,51). The number of nitrogens with zero attached hydrogens (tertiary/aromatic N) is 4. The van der Waals surface area contributed by atoms with Crippen LogP contribution in [0.15, 0.2) is 47.4 Å². The van der Waals surface area contributed by atoms with E-state index in [9.17, 15) is 32.3 Å². The van der Waals surface area contributed by atoms with Crippen molar-refractivity contribution in [3.8, 4) is 16.9 Å². The number of hydrogen-bond donors (Lipinski definition) is 2. The highest BCUT2D eigenvalue weighted by Crippen LogP contribution is 2.36. The van der Waals surface area contributed by atoms with Crippen molar-refractivity contribution >= 4 is 35.1 Å². The Balaban J connectivity index is 1.02. The molecule has 1 atom stereocenters. The van der Waals surface area contributed by atoms with Gasteiger partial charge in [0.05, 0.1) is 0 Å². The molecule has 4 heterocycles. The van der Waals surface area contributed by atoms with Gasteiger partial charge in [-0.2, -0.15) is 0 Å². The number of likely N-dealkylation sites (tertiary alicyclic amines) is 2. The van der Waals surface area contributed by atoms with Gasteiger partial charge in [-0.15, -0.1) is 13.2 Å². The van der Waals surface area contributed by atoms with Gasteiger partial charge in [0.25, 0.3) is 5.56 Å². The average molecular weight is 771 g/mol. The highest BCUT2D eigenvalue weighted by molar-refractivity contribution is 6.31. The number of piperidine rings is 3. The van der Waals surface area contributed by atoms with Gasteiger partial charge in [-0.1, -0.05) is 29.8 Å². The highest BCUT2D eigenvalue weighted by atomic mass is 35.5. The van der Waals surface area contributed by atoms with Crippen LogP contribution >= 0.6 is 11.6 Å². The van der Waals surface area contributed by atoms with Gasteiger partial charge in [0, 0.05) is 92.9 Å². The van der Waals surface area contributed by atoms with Gasteiger partial charge in [-0.3, -0.25) is 24.6 Å². The molecule has 6 rings (SSSR count). The second-order valence-corrected chi connectivity index (χ2v) is 15.0. The first-order valence-corrected chi connectivity index (χ1v) is 18.7. The van der Waals surface area contributed by atoms with E-state index in [0.29, 0.717) is 84.0 Å². The number of halogens is 4. The van der Waals surface area contributed by atoms with Crippen LogP contribution in [0.2, 0.25) is 5.02 Å². The number of carbonyl (C=O) groups is 3. The van der Waals surface area contributed by atoms with Crippen molar-refractivity contribution in [1.29, 1.82) is 0 Å². The summed E-state index contributed by atoms with van der Waals surface area (Å²) >= 11 is 6.69. The first-order valence-electron chi connectivity index (χ1n) is 18.3. The Bertz CT molecular complexity index is 1970. The summed E-state index contributed by atoms with van der Waals surface area (Å²) in [6.07, 6.45) is 0.309. The maximum atomic E-state index is 13.6. The lowest BCUT2D eigenvalue weighted by Gasteiger charge is -2.40. The number of hydrogen-bond acceptors (Lipinski definition) is 7. The molecule has 3 aromatic rings. The zero-order valence-electron chi connectivity index (χ0n) is 30.9. The highest BCUT2D eigenvalue weighted by Gasteiger charge is 2.34. The predicted octanol–water partition coefficient (Wildman–Crippen LogP) is 6.33. The van der Waals surface area contributed by atoms with E-state index in [0.717, 1.165) is 18.4 Å². The number of aromatic nitrogens is 1. The fourth-order valence-electron chi connectivity index (χ4n) is 7.79. The van der Waals surface area contributed by atoms with Gasteiger partial charge >= 0.3 is 12.4 Å². The van der Waals surface area contributed by atoms with Crippen LogP contribution in [0.1, 0.15) is 66.7 Å². The zero-order chi connectivity index (χ0) is 38.9. The molecular formula is C39H46ClF3N6O5. The van der Waals surface area contributed by atoms with Gasteiger partial charge < -0.3 is 24.4 Å². The molecule has 2 N–H and O–H groups in total. The lowest BCUT2D eigenvalue weighted by atomic mass is 9.89. The van der Waals surface area contributed by atoms with Crippen LogP contribution in [-0.2, 0) is 23.2 Å². The third-order valence-corrected chi connectivity index (χ3v) is 11.4. The molecule has 290 valence electrons. The van der Waals surface area contributed by atoms with Crippen molar-refractivity contribution in [3.63, 3.8) is 0 Å². The Morgan fingerprint density at radius 3 is 2.33 bits per heavy atom. The number of urea groups is 1. The molecular weight excluding hydrogens is 725 g/mol. The van der Waals surface area contributed by atoms with Gasteiger partial charge in [-0.25, -0.2) is 4.79 Å². The molecule has 3 aliphatic heterocycles. The molecule has 1 unspecified atom stereocenters. The fourth-order valence-corrected chi connectivity index (χ4v) is 8.12. The summed E-state index contributed by atoms with van der Waals surface area (Å²) in [6.45, 7) is 6.09. The molecule has 3 saturated heterocycles. The van der Waals surface area contributed by atoms with E-state index in [1.165, 1.54) is 10.6 Å². The monoisotopic (exact) mass is 770 g/mol. The minimum Gasteiger partial charge on any atom is -0.405 e. The number of pyridine rings is 1. The molecule has 2 aromatic carbocycles. The quantitative estimate of drug-likeness (QED) is 0.257. The molecule has 0 saturated carbocycles. The molecule has 4 amide bonds. The summed E-state index contributed by atoms with van der Waals surface area (Å²) in [4.78, 5) is 55.3. The van der Waals surface area contributed by atoms with Crippen LogP contribution in [0.4, 0.5) is 23.7 Å². The maximum absolute atomic E-state index is 13.6. The van der Waals surface area contributed by atoms with Crippen LogP contribution in [-0.4, -0.2) is 88.8 Å². The molecule has 3 aliphatic rings. The topological polar surface area (TPSA) is 116 Å².